The average molecular weight is 247 g/mol. The molecular formula is C11H13N5O2. The summed E-state index contributed by atoms with van der Waals surface area (Å²) in [7, 11) is 0. The van der Waals surface area contributed by atoms with Gasteiger partial charge in [-0.25, -0.2) is 0 Å². The molecule has 0 unspecified atom stereocenters. The van der Waals surface area contributed by atoms with Crippen LogP contribution in [0, 0.1) is 6.92 Å². The second-order valence-electron chi connectivity index (χ2n) is 3.70. The van der Waals surface area contributed by atoms with Crippen LogP contribution in [0.5, 0.6) is 0 Å². The number of nitrogens with two attached hydrogens (primary N) is 1. The Bertz CT molecular complexity index is 552. The summed E-state index contributed by atoms with van der Waals surface area (Å²) in [5, 5.41) is 6.38. The summed E-state index contributed by atoms with van der Waals surface area (Å²) in [5.74, 6) is 0.830. The lowest BCUT2D eigenvalue weighted by Crippen LogP contribution is -2.26. The van der Waals surface area contributed by atoms with E-state index >= 15 is 0 Å². The number of nitrogens with zero attached hydrogens (tertiary/aromatic N) is 3. The molecular weight excluding hydrogens is 234 g/mol. The molecule has 0 bridgehead atoms. The highest BCUT2D eigenvalue weighted by Crippen LogP contribution is 2.07. The first kappa shape index (κ1) is 12.0. The number of nitrogen functional groups attached to an aromatic ring is 1. The SMILES string of the molecule is Cc1noc(CCNC(=O)c2ccncc2N)n1. The highest BCUT2D eigenvalue weighted by Gasteiger charge is 2.09. The molecule has 0 aromatic carbocycles. The molecule has 1 amide bonds. The average Bonchev–Trinajstić information content (AvgIpc) is 2.75. The van der Waals surface area contributed by atoms with E-state index in [0.29, 0.717) is 35.9 Å². The van der Waals surface area contributed by atoms with Crippen LogP contribution in [0.15, 0.2) is 23.0 Å². The van der Waals surface area contributed by atoms with Gasteiger partial charge in [0, 0.05) is 19.2 Å². The number of aromatic nitrogens is 3. The zero-order chi connectivity index (χ0) is 13.0. The lowest BCUT2D eigenvalue weighted by molar-refractivity contribution is 0.0954. The Morgan fingerprint density at radius 1 is 1.56 bits per heavy atom. The van der Waals surface area contributed by atoms with Crippen LogP contribution >= 0.6 is 0 Å². The van der Waals surface area contributed by atoms with Gasteiger partial charge in [-0.2, -0.15) is 4.98 Å². The second-order valence-corrected chi connectivity index (χ2v) is 3.70. The first-order valence-corrected chi connectivity index (χ1v) is 5.43. The van der Waals surface area contributed by atoms with Gasteiger partial charge in [-0.1, -0.05) is 5.16 Å². The quantitative estimate of drug-likeness (QED) is 0.806. The van der Waals surface area contributed by atoms with E-state index in [-0.39, 0.29) is 5.91 Å². The molecule has 0 atom stereocenters. The van der Waals surface area contributed by atoms with Gasteiger partial charge in [-0.15, -0.1) is 0 Å². The molecule has 2 aromatic heterocycles. The van der Waals surface area contributed by atoms with Gasteiger partial charge >= 0.3 is 0 Å². The maximum Gasteiger partial charge on any atom is 0.253 e. The fraction of sp³-hybridized carbons (Fsp3) is 0.273. The molecule has 3 N–H and O–H groups in total. The zero-order valence-electron chi connectivity index (χ0n) is 9.88. The molecule has 2 rings (SSSR count). The van der Waals surface area contributed by atoms with Crippen molar-refractivity contribution in [2.45, 2.75) is 13.3 Å². The topological polar surface area (TPSA) is 107 Å². The normalized spacial score (nSPS) is 10.3. The highest BCUT2D eigenvalue weighted by atomic mass is 16.5. The maximum atomic E-state index is 11.8. The predicted octanol–water partition coefficient (Wildman–Crippen LogP) is 0.328. The van der Waals surface area contributed by atoms with Gasteiger partial charge < -0.3 is 15.6 Å². The first-order chi connectivity index (χ1) is 8.66. The van der Waals surface area contributed by atoms with E-state index in [0.717, 1.165) is 0 Å². The Labute approximate surface area is 103 Å². The molecule has 2 heterocycles. The van der Waals surface area contributed by atoms with E-state index in [9.17, 15) is 4.79 Å². The Hall–Kier alpha value is -2.44. The van der Waals surface area contributed by atoms with Crippen LogP contribution in [-0.4, -0.2) is 27.6 Å². The Balaban J connectivity index is 1.87. The van der Waals surface area contributed by atoms with Gasteiger partial charge in [0.15, 0.2) is 5.82 Å². The van der Waals surface area contributed by atoms with Crippen LogP contribution in [-0.2, 0) is 6.42 Å². The molecule has 0 fully saturated rings. The third-order valence-electron chi connectivity index (χ3n) is 2.29. The number of rotatable bonds is 4. The monoisotopic (exact) mass is 247 g/mol. The number of carbonyl (C=O) groups excluding carboxylic acids is 1. The predicted molar refractivity (Wildman–Crippen MR) is 63.7 cm³/mol. The van der Waals surface area contributed by atoms with Crippen LogP contribution in [0.2, 0.25) is 0 Å². The van der Waals surface area contributed by atoms with Gasteiger partial charge in [0.05, 0.1) is 17.4 Å². The summed E-state index contributed by atoms with van der Waals surface area (Å²) < 4.78 is 4.93. The van der Waals surface area contributed by atoms with Crippen molar-refractivity contribution in [1.82, 2.24) is 20.4 Å². The van der Waals surface area contributed by atoms with Crippen LogP contribution in [0.4, 0.5) is 5.69 Å². The molecule has 7 nitrogen and oxygen atoms in total. The van der Waals surface area contributed by atoms with E-state index in [1.165, 1.54) is 12.4 Å². The molecule has 0 saturated carbocycles. The van der Waals surface area contributed by atoms with E-state index in [1.807, 2.05) is 0 Å². The molecule has 0 radical (unpaired) electrons. The van der Waals surface area contributed by atoms with Gasteiger partial charge in [0.1, 0.15) is 0 Å². The number of amides is 1. The van der Waals surface area contributed by atoms with E-state index < -0.39 is 0 Å². The van der Waals surface area contributed by atoms with Crippen molar-refractivity contribution < 1.29 is 9.32 Å². The van der Waals surface area contributed by atoms with Gasteiger partial charge in [0.2, 0.25) is 5.89 Å². The van der Waals surface area contributed by atoms with Crippen LogP contribution in [0.3, 0.4) is 0 Å². The molecule has 0 aliphatic rings. The number of anilines is 1. The Kier molecular flexibility index (Phi) is 3.52. The number of pyridine rings is 1. The summed E-state index contributed by atoms with van der Waals surface area (Å²) in [4.78, 5) is 19.6. The molecule has 0 aliphatic heterocycles. The first-order valence-electron chi connectivity index (χ1n) is 5.43. The van der Waals surface area contributed by atoms with Crippen molar-refractivity contribution >= 4 is 11.6 Å². The molecule has 0 saturated heterocycles. The molecule has 7 heteroatoms. The lowest BCUT2D eigenvalue weighted by Gasteiger charge is -2.05. The molecule has 94 valence electrons. The van der Waals surface area contributed by atoms with Crippen molar-refractivity contribution in [3.05, 3.63) is 35.7 Å². The van der Waals surface area contributed by atoms with Crippen molar-refractivity contribution in [2.75, 3.05) is 12.3 Å². The Morgan fingerprint density at radius 3 is 3.06 bits per heavy atom. The van der Waals surface area contributed by atoms with Crippen molar-refractivity contribution in [3.63, 3.8) is 0 Å². The maximum absolute atomic E-state index is 11.8. The number of nitrogens with one attached hydrogen (secondary N) is 1. The summed E-state index contributed by atoms with van der Waals surface area (Å²) in [5.41, 5.74) is 6.40. The lowest BCUT2D eigenvalue weighted by atomic mass is 10.2. The molecule has 2 aromatic rings. The third kappa shape index (κ3) is 2.82. The van der Waals surface area contributed by atoms with Crippen molar-refractivity contribution in [1.29, 1.82) is 0 Å². The van der Waals surface area contributed by atoms with Gasteiger partial charge in [-0.3, -0.25) is 9.78 Å². The second kappa shape index (κ2) is 5.26. The fourth-order valence-corrected chi connectivity index (χ4v) is 1.43. The number of carbonyl (C=O) groups is 1. The minimum absolute atomic E-state index is 0.244. The fourth-order valence-electron chi connectivity index (χ4n) is 1.43. The van der Waals surface area contributed by atoms with E-state index in [4.69, 9.17) is 10.3 Å². The third-order valence-corrected chi connectivity index (χ3v) is 2.29. The molecule has 18 heavy (non-hydrogen) atoms. The summed E-state index contributed by atoms with van der Waals surface area (Å²) >= 11 is 0. The molecule has 0 spiro atoms. The van der Waals surface area contributed by atoms with Crippen LogP contribution in [0.25, 0.3) is 0 Å². The number of hydrogen-bond acceptors (Lipinski definition) is 6. The smallest absolute Gasteiger partial charge is 0.253 e. The van der Waals surface area contributed by atoms with Crippen LogP contribution in [0.1, 0.15) is 22.1 Å². The standard InChI is InChI=1S/C11H13N5O2/c1-7-15-10(18-16-7)3-5-14-11(17)8-2-4-13-6-9(8)12/h2,4,6H,3,5,12H2,1H3,(H,14,17). The van der Waals surface area contributed by atoms with Crippen molar-refractivity contribution in [3.8, 4) is 0 Å². The number of hydrogen-bond donors (Lipinski definition) is 2. The van der Waals surface area contributed by atoms with Crippen molar-refractivity contribution in [2.24, 2.45) is 0 Å². The minimum atomic E-state index is -0.244. The Morgan fingerprint density at radius 2 is 2.39 bits per heavy atom. The minimum Gasteiger partial charge on any atom is -0.397 e. The summed E-state index contributed by atoms with van der Waals surface area (Å²) in [6.07, 6.45) is 3.44. The van der Waals surface area contributed by atoms with Gasteiger partial charge in [0.25, 0.3) is 5.91 Å². The summed E-state index contributed by atoms with van der Waals surface area (Å²) in [6.45, 7) is 2.14. The van der Waals surface area contributed by atoms with Gasteiger partial charge in [-0.05, 0) is 13.0 Å². The molecule has 0 aliphatic carbocycles. The highest BCUT2D eigenvalue weighted by molar-refractivity contribution is 5.98. The summed E-state index contributed by atoms with van der Waals surface area (Å²) in [6, 6.07) is 1.57. The van der Waals surface area contributed by atoms with E-state index in [2.05, 4.69) is 20.4 Å². The van der Waals surface area contributed by atoms with E-state index in [1.54, 1.807) is 13.0 Å². The number of aryl methyl sites for hydroxylation is 1. The van der Waals surface area contributed by atoms with Crippen LogP contribution < -0.4 is 11.1 Å². The zero-order valence-corrected chi connectivity index (χ0v) is 9.88. The largest absolute Gasteiger partial charge is 0.397 e.